The van der Waals surface area contributed by atoms with Crippen LogP contribution < -0.4 is 0 Å². The van der Waals surface area contributed by atoms with Crippen LogP contribution in [0.5, 0.6) is 0 Å². The van der Waals surface area contributed by atoms with Crippen LogP contribution >= 0.6 is 0 Å². The number of nitrogens with zero attached hydrogens (tertiary/aromatic N) is 1. The fourth-order valence-electron chi connectivity index (χ4n) is 0.867. The number of nitro groups is 1. The largest absolute Gasteiger partial charge is 0.273 e. The zero-order chi connectivity index (χ0) is 10.9. The number of hydrogen-bond donors (Lipinski definition) is 0. The first-order chi connectivity index (χ1) is 6.30. The summed E-state index contributed by atoms with van der Waals surface area (Å²) in [5.41, 5.74) is -0.578. The maximum absolute atomic E-state index is 12.7. The molecule has 0 spiro atoms. The molecular formula is C7H6FNO4S. The van der Waals surface area contributed by atoms with Gasteiger partial charge in [-0.25, -0.2) is 12.8 Å². The van der Waals surface area contributed by atoms with Gasteiger partial charge >= 0.3 is 0 Å². The van der Waals surface area contributed by atoms with Crippen molar-refractivity contribution in [1.29, 1.82) is 0 Å². The van der Waals surface area contributed by atoms with Gasteiger partial charge in [0.05, 0.1) is 15.9 Å². The first kappa shape index (κ1) is 10.6. The van der Waals surface area contributed by atoms with E-state index in [1.807, 2.05) is 0 Å². The number of nitro benzene ring substituents is 1. The molecule has 7 heteroatoms. The smallest absolute Gasteiger partial charge is 0.258 e. The molecule has 1 aromatic carbocycles. The Morgan fingerprint density at radius 1 is 1.36 bits per heavy atom. The summed E-state index contributed by atoms with van der Waals surface area (Å²) in [5.74, 6) is -0.945. The van der Waals surface area contributed by atoms with E-state index < -0.39 is 31.2 Å². The minimum atomic E-state index is -3.63. The van der Waals surface area contributed by atoms with E-state index in [0.29, 0.717) is 6.07 Å². The average molecular weight is 219 g/mol. The molecule has 0 aliphatic rings. The lowest BCUT2D eigenvalue weighted by molar-refractivity contribution is -0.385. The molecule has 0 N–H and O–H groups in total. The molecule has 0 fully saturated rings. The molecule has 0 aliphatic carbocycles. The molecule has 1 aromatic rings. The lowest BCUT2D eigenvalue weighted by Gasteiger charge is -1.98. The first-order valence-electron chi connectivity index (χ1n) is 3.46. The van der Waals surface area contributed by atoms with E-state index in [-0.39, 0.29) is 0 Å². The lowest BCUT2D eigenvalue weighted by atomic mass is 10.3. The third kappa shape index (κ3) is 2.25. The van der Waals surface area contributed by atoms with Gasteiger partial charge in [-0.05, 0) is 6.07 Å². The summed E-state index contributed by atoms with van der Waals surface area (Å²) in [6, 6.07) is 2.22. The zero-order valence-corrected chi connectivity index (χ0v) is 7.91. The van der Waals surface area contributed by atoms with Crippen LogP contribution in [0.15, 0.2) is 23.1 Å². The summed E-state index contributed by atoms with van der Waals surface area (Å²) < 4.78 is 34.7. The van der Waals surface area contributed by atoms with Crippen LogP contribution in [0.25, 0.3) is 0 Å². The second-order valence-corrected chi connectivity index (χ2v) is 4.69. The Balaban J connectivity index is 3.43. The number of rotatable bonds is 2. The molecule has 0 saturated heterocycles. The standard InChI is InChI=1S/C7H6FNO4S/c1-14(12,13)7-3-5(8)2-6(4-7)9(10)11/h2-4H,1H3. The maximum Gasteiger partial charge on any atom is 0.273 e. The van der Waals surface area contributed by atoms with Gasteiger partial charge in [-0.2, -0.15) is 0 Å². The molecule has 1 rings (SSSR count). The Kier molecular flexibility index (Phi) is 2.52. The van der Waals surface area contributed by atoms with Crippen LogP contribution in [0.2, 0.25) is 0 Å². The molecule has 0 radical (unpaired) electrons. The van der Waals surface area contributed by atoms with Crippen molar-refractivity contribution < 1.29 is 17.7 Å². The van der Waals surface area contributed by atoms with Crippen molar-refractivity contribution in [2.24, 2.45) is 0 Å². The third-order valence-electron chi connectivity index (χ3n) is 1.50. The fourth-order valence-corrected chi connectivity index (χ4v) is 1.53. The zero-order valence-electron chi connectivity index (χ0n) is 7.10. The molecule has 0 amide bonds. The number of hydrogen-bond acceptors (Lipinski definition) is 4. The second kappa shape index (κ2) is 3.33. The van der Waals surface area contributed by atoms with E-state index in [9.17, 15) is 22.9 Å². The third-order valence-corrected chi connectivity index (χ3v) is 2.59. The predicted octanol–water partition coefficient (Wildman–Crippen LogP) is 1.14. The summed E-state index contributed by atoms with van der Waals surface area (Å²) >= 11 is 0. The molecular weight excluding hydrogens is 213 g/mol. The average Bonchev–Trinajstić information content (AvgIpc) is 2.01. The molecule has 0 aliphatic heterocycles. The molecule has 14 heavy (non-hydrogen) atoms. The molecule has 0 saturated carbocycles. The van der Waals surface area contributed by atoms with Crippen molar-refractivity contribution in [2.75, 3.05) is 6.26 Å². The monoisotopic (exact) mass is 219 g/mol. The van der Waals surface area contributed by atoms with Crippen LogP contribution in [-0.4, -0.2) is 19.6 Å². The Bertz CT molecular complexity index is 482. The van der Waals surface area contributed by atoms with Gasteiger partial charge in [0, 0.05) is 12.3 Å². The van der Waals surface area contributed by atoms with Crippen molar-refractivity contribution in [3.63, 3.8) is 0 Å². The molecule has 0 aromatic heterocycles. The minimum absolute atomic E-state index is 0.399. The molecule has 0 atom stereocenters. The number of non-ortho nitro benzene ring substituents is 1. The summed E-state index contributed by atoms with van der Waals surface area (Å²) in [5, 5.41) is 10.3. The minimum Gasteiger partial charge on any atom is -0.258 e. The normalized spacial score (nSPS) is 11.3. The maximum atomic E-state index is 12.7. The van der Waals surface area contributed by atoms with Gasteiger partial charge in [0.2, 0.25) is 0 Å². The quantitative estimate of drug-likeness (QED) is 0.552. The number of sulfone groups is 1. The summed E-state index contributed by atoms with van der Waals surface area (Å²) in [4.78, 5) is 9.03. The van der Waals surface area contributed by atoms with Gasteiger partial charge in [0.25, 0.3) is 5.69 Å². The Morgan fingerprint density at radius 2 is 1.93 bits per heavy atom. The highest BCUT2D eigenvalue weighted by Gasteiger charge is 2.15. The van der Waals surface area contributed by atoms with E-state index in [4.69, 9.17) is 0 Å². The molecule has 0 heterocycles. The van der Waals surface area contributed by atoms with Crippen molar-refractivity contribution in [3.8, 4) is 0 Å². The van der Waals surface area contributed by atoms with Gasteiger partial charge in [-0.15, -0.1) is 0 Å². The van der Waals surface area contributed by atoms with E-state index in [2.05, 4.69) is 0 Å². The van der Waals surface area contributed by atoms with Crippen LogP contribution in [-0.2, 0) is 9.84 Å². The van der Waals surface area contributed by atoms with E-state index in [0.717, 1.165) is 18.4 Å². The van der Waals surface area contributed by atoms with Crippen LogP contribution in [0, 0.1) is 15.9 Å². The molecule has 0 unspecified atom stereocenters. The molecule has 0 bridgehead atoms. The van der Waals surface area contributed by atoms with Gasteiger partial charge in [0.15, 0.2) is 9.84 Å². The van der Waals surface area contributed by atoms with Gasteiger partial charge < -0.3 is 0 Å². The Labute approximate surface area is 79.2 Å². The Morgan fingerprint density at radius 3 is 2.36 bits per heavy atom. The lowest BCUT2D eigenvalue weighted by Crippen LogP contribution is -1.99. The summed E-state index contributed by atoms with van der Waals surface area (Å²) in [7, 11) is -3.63. The SMILES string of the molecule is CS(=O)(=O)c1cc(F)cc([N+](=O)[O-])c1. The van der Waals surface area contributed by atoms with Crippen molar-refractivity contribution in [3.05, 3.63) is 34.1 Å². The van der Waals surface area contributed by atoms with Crippen LogP contribution in [0.4, 0.5) is 10.1 Å². The second-order valence-electron chi connectivity index (χ2n) is 2.67. The van der Waals surface area contributed by atoms with Crippen molar-refractivity contribution in [2.45, 2.75) is 4.90 Å². The highest BCUT2D eigenvalue weighted by molar-refractivity contribution is 7.90. The number of halogens is 1. The summed E-state index contributed by atoms with van der Waals surface area (Å²) in [6.45, 7) is 0. The van der Waals surface area contributed by atoms with E-state index in [1.165, 1.54) is 0 Å². The first-order valence-corrected chi connectivity index (χ1v) is 5.35. The topological polar surface area (TPSA) is 77.3 Å². The number of benzene rings is 1. The summed E-state index contributed by atoms with van der Waals surface area (Å²) in [6.07, 6.45) is 0.853. The molecule has 76 valence electrons. The van der Waals surface area contributed by atoms with Gasteiger partial charge in [-0.3, -0.25) is 10.1 Å². The Hall–Kier alpha value is -1.50. The van der Waals surface area contributed by atoms with E-state index in [1.54, 1.807) is 0 Å². The highest BCUT2D eigenvalue weighted by Crippen LogP contribution is 2.19. The molecule has 5 nitrogen and oxygen atoms in total. The van der Waals surface area contributed by atoms with Gasteiger partial charge in [0.1, 0.15) is 5.82 Å². The predicted molar refractivity (Wildman–Crippen MR) is 46.2 cm³/mol. The van der Waals surface area contributed by atoms with E-state index >= 15 is 0 Å². The van der Waals surface area contributed by atoms with Crippen molar-refractivity contribution in [1.82, 2.24) is 0 Å². The highest BCUT2D eigenvalue weighted by atomic mass is 32.2. The van der Waals surface area contributed by atoms with Crippen LogP contribution in [0.1, 0.15) is 0 Å². The fraction of sp³-hybridized carbons (Fsp3) is 0.143. The van der Waals surface area contributed by atoms with Crippen LogP contribution in [0.3, 0.4) is 0 Å². The van der Waals surface area contributed by atoms with Gasteiger partial charge in [-0.1, -0.05) is 0 Å². The van der Waals surface area contributed by atoms with Crippen molar-refractivity contribution >= 4 is 15.5 Å².